The standard InChI is InChI=1S/C21H20ClFN4O/c1-13-14(2)25-20(18-5-3-4-8-24-18)26-21(13)27-9-10-28-19(12-27)15-6-7-17(23)16(22)11-15/h3-8,11,19H,9-10,12H2,1-2H3. The Morgan fingerprint density at radius 2 is 2.04 bits per heavy atom. The number of pyridine rings is 1. The lowest BCUT2D eigenvalue weighted by atomic mass is 10.1. The van der Waals surface area contributed by atoms with Gasteiger partial charge in [0.1, 0.15) is 23.4 Å². The van der Waals surface area contributed by atoms with E-state index in [-0.39, 0.29) is 11.1 Å². The number of aromatic nitrogens is 3. The van der Waals surface area contributed by atoms with Crippen LogP contribution in [0.1, 0.15) is 22.9 Å². The van der Waals surface area contributed by atoms with Crippen molar-refractivity contribution >= 4 is 17.4 Å². The molecule has 5 nitrogen and oxygen atoms in total. The molecule has 3 aromatic rings. The Hall–Kier alpha value is -2.57. The molecular weight excluding hydrogens is 379 g/mol. The molecule has 1 saturated heterocycles. The van der Waals surface area contributed by atoms with Crippen LogP contribution in [0, 0.1) is 19.7 Å². The van der Waals surface area contributed by atoms with Crippen LogP contribution in [0.4, 0.5) is 10.2 Å². The fourth-order valence-corrected chi connectivity index (χ4v) is 3.48. The molecule has 0 N–H and O–H groups in total. The maximum atomic E-state index is 13.5. The first kappa shape index (κ1) is 18.8. The predicted octanol–water partition coefficient (Wildman–Crippen LogP) is 4.53. The molecule has 1 fully saturated rings. The van der Waals surface area contributed by atoms with Crippen LogP contribution >= 0.6 is 11.6 Å². The summed E-state index contributed by atoms with van der Waals surface area (Å²) in [5.41, 5.74) is 3.53. The summed E-state index contributed by atoms with van der Waals surface area (Å²) in [7, 11) is 0. The molecule has 144 valence electrons. The zero-order chi connectivity index (χ0) is 19.7. The Balaban J connectivity index is 1.66. The van der Waals surface area contributed by atoms with Crippen LogP contribution in [0.3, 0.4) is 0 Å². The maximum Gasteiger partial charge on any atom is 0.180 e. The lowest BCUT2D eigenvalue weighted by Crippen LogP contribution is -2.39. The molecule has 28 heavy (non-hydrogen) atoms. The molecule has 0 bridgehead atoms. The highest BCUT2D eigenvalue weighted by molar-refractivity contribution is 6.30. The molecule has 0 saturated carbocycles. The number of ether oxygens (including phenoxy) is 1. The number of halogens is 2. The van der Waals surface area contributed by atoms with E-state index < -0.39 is 5.82 Å². The number of anilines is 1. The number of aryl methyl sites for hydroxylation is 1. The first-order chi connectivity index (χ1) is 13.5. The second kappa shape index (κ2) is 7.81. The van der Waals surface area contributed by atoms with E-state index in [4.69, 9.17) is 21.3 Å². The van der Waals surface area contributed by atoms with Gasteiger partial charge in [-0.3, -0.25) is 4.98 Å². The van der Waals surface area contributed by atoms with Crippen LogP contribution in [0.2, 0.25) is 5.02 Å². The monoisotopic (exact) mass is 398 g/mol. The summed E-state index contributed by atoms with van der Waals surface area (Å²) in [5.74, 6) is 1.04. The molecule has 1 atom stereocenters. The fraction of sp³-hybridized carbons (Fsp3) is 0.286. The minimum atomic E-state index is -0.430. The van der Waals surface area contributed by atoms with Crippen molar-refractivity contribution in [1.82, 2.24) is 15.0 Å². The maximum absolute atomic E-state index is 13.5. The summed E-state index contributed by atoms with van der Waals surface area (Å²) in [4.78, 5) is 16.0. The van der Waals surface area contributed by atoms with Crippen molar-refractivity contribution in [3.63, 3.8) is 0 Å². The highest BCUT2D eigenvalue weighted by Gasteiger charge is 2.26. The summed E-state index contributed by atoms with van der Waals surface area (Å²) < 4.78 is 19.4. The third-order valence-electron chi connectivity index (χ3n) is 4.94. The van der Waals surface area contributed by atoms with Crippen molar-refractivity contribution in [1.29, 1.82) is 0 Å². The molecule has 0 radical (unpaired) electrons. The van der Waals surface area contributed by atoms with Gasteiger partial charge < -0.3 is 9.64 Å². The van der Waals surface area contributed by atoms with E-state index in [1.807, 2.05) is 32.0 Å². The largest absolute Gasteiger partial charge is 0.370 e. The Morgan fingerprint density at radius 1 is 1.18 bits per heavy atom. The third-order valence-corrected chi connectivity index (χ3v) is 5.23. The first-order valence-electron chi connectivity index (χ1n) is 9.11. The lowest BCUT2D eigenvalue weighted by molar-refractivity contribution is 0.0394. The molecule has 1 aromatic carbocycles. The molecule has 2 aromatic heterocycles. The number of morpholine rings is 1. The summed E-state index contributed by atoms with van der Waals surface area (Å²) in [6, 6.07) is 10.4. The van der Waals surface area contributed by atoms with Gasteiger partial charge in [0.05, 0.1) is 11.6 Å². The number of hydrogen-bond donors (Lipinski definition) is 0. The van der Waals surface area contributed by atoms with Crippen molar-refractivity contribution in [2.75, 3.05) is 24.6 Å². The van der Waals surface area contributed by atoms with Crippen LogP contribution in [-0.4, -0.2) is 34.6 Å². The topological polar surface area (TPSA) is 51.1 Å². The first-order valence-corrected chi connectivity index (χ1v) is 9.49. The third kappa shape index (κ3) is 3.70. The van der Waals surface area contributed by atoms with E-state index in [9.17, 15) is 4.39 Å². The smallest absolute Gasteiger partial charge is 0.180 e. The molecule has 1 aliphatic rings. The van der Waals surface area contributed by atoms with Gasteiger partial charge in [-0.2, -0.15) is 0 Å². The van der Waals surface area contributed by atoms with Crippen molar-refractivity contribution in [3.8, 4) is 11.5 Å². The summed E-state index contributed by atoms with van der Waals surface area (Å²) >= 11 is 5.95. The van der Waals surface area contributed by atoms with Gasteiger partial charge in [0.25, 0.3) is 0 Å². The zero-order valence-electron chi connectivity index (χ0n) is 15.7. The van der Waals surface area contributed by atoms with Crippen LogP contribution in [0.25, 0.3) is 11.5 Å². The van der Waals surface area contributed by atoms with Crippen LogP contribution in [-0.2, 0) is 4.74 Å². The minimum Gasteiger partial charge on any atom is -0.370 e. The van der Waals surface area contributed by atoms with Gasteiger partial charge in [-0.05, 0) is 43.7 Å². The van der Waals surface area contributed by atoms with Crippen molar-refractivity contribution < 1.29 is 9.13 Å². The molecule has 7 heteroatoms. The summed E-state index contributed by atoms with van der Waals surface area (Å²) in [5, 5.41) is 0.102. The summed E-state index contributed by atoms with van der Waals surface area (Å²) in [6.07, 6.45) is 1.52. The number of nitrogens with zero attached hydrogens (tertiary/aromatic N) is 4. The highest BCUT2D eigenvalue weighted by atomic mass is 35.5. The molecule has 0 aliphatic carbocycles. The molecule has 0 amide bonds. The van der Waals surface area contributed by atoms with Gasteiger partial charge in [0, 0.05) is 30.5 Å². The highest BCUT2D eigenvalue weighted by Crippen LogP contribution is 2.30. The average Bonchev–Trinajstić information content (AvgIpc) is 2.72. The van der Waals surface area contributed by atoms with Crippen molar-refractivity contribution in [2.24, 2.45) is 0 Å². The van der Waals surface area contributed by atoms with E-state index in [0.717, 1.165) is 28.3 Å². The number of hydrogen-bond acceptors (Lipinski definition) is 5. The van der Waals surface area contributed by atoms with Crippen LogP contribution < -0.4 is 4.90 Å². The van der Waals surface area contributed by atoms with Crippen LogP contribution in [0.15, 0.2) is 42.6 Å². The van der Waals surface area contributed by atoms with Gasteiger partial charge in [0.2, 0.25) is 0 Å². The van der Waals surface area contributed by atoms with E-state index in [2.05, 4.69) is 14.9 Å². The van der Waals surface area contributed by atoms with Gasteiger partial charge in [0.15, 0.2) is 5.82 Å². The van der Waals surface area contributed by atoms with Gasteiger partial charge in [-0.25, -0.2) is 14.4 Å². The average molecular weight is 399 g/mol. The fourth-order valence-electron chi connectivity index (χ4n) is 3.29. The number of rotatable bonds is 3. The van der Waals surface area contributed by atoms with E-state index >= 15 is 0 Å². The molecule has 1 aliphatic heterocycles. The molecule has 4 rings (SSSR count). The quantitative estimate of drug-likeness (QED) is 0.649. The van der Waals surface area contributed by atoms with Gasteiger partial charge in [-0.1, -0.05) is 23.7 Å². The van der Waals surface area contributed by atoms with E-state index in [0.29, 0.717) is 25.5 Å². The van der Waals surface area contributed by atoms with E-state index in [1.165, 1.54) is 6.07 Å². The summed E-state index contributed by atoms with van der Waals surface area (Å²) in [6.45, 7) is 5.85. The van der Waals surface area contributed by atoms with Crippen molar-refractivity contribution in [3.05, 3.63) is 70.3 Å². The second-order valence-corrected chi connectivity index (χ2v) is 7.18. The number of benzene rings is 1. The molecule has 1 unspecified atom stereocenters. The Bertz CT molecular complexity index is 999. The molecule has 0 spiro atoms. The molecular formula is C21H20ClFN4O. The molecule has 3 heterocycles. The SMILES string of the molecule is Cc1nc(-c2ccccn2)nc(N2CCOC(c3ccc(F)c(Cl)c3)C2)c1C. The van der Waals surface area contributed by atoms with Crippen molar-refractivity contribution in [2.45, 2.75) is 20.0 Å². The van der Waals surface area contributed by atoms with Gasteiger partial charge >= 0.3 is 0 Å². The zero-order valence-corrected chi connectivity index (χ0v) is 16.4. The minimum absolute atomic E-state index is 0.102. The Morgan fingerprint density at radius 3 is 2.79 bits per heavy atom. The van der Waals surface area contributed by atoms with Gasteiger partial charge in [-0.15, -0.1) is 0 Å². The Kier molecular flexibility index (Phi) is 5.24. The van der Waals surface area contributed by atoms with Crippen LogP contribution in [0.5, 0.6) is 0 Å². The Labute approximate surface area is 168 Å². The predicted molar refractivity (Wildman–Crippen MR) is 107 cm³/mol. The second-order valence-electron chi connectivity index (χ2n) is 6.78. The normalized spacial score (nSPS) is 17.0. The lowest BCUT2D eigenvalue weighted by Gasteiger charge is -2.35. The van der Waals surface area contributed by atoms with E-state index in [1.54, 1.807) is 18.3 Å².